The van der Waals surface area contributed by atoms with Crippen molar-refractivity contribution in [2.24, 2.45) is 0 Å². The van der Waals surface area contributed by atoms with Crippen LogP contribution in [-0.2, 0) is 22.7 Å². The van der Waals surface area contributed by atoms with E-state index in [9.17, 15) is 9.59 Å². The smallest absolute Gasteiger partial charge is 0.407 e. The van der Waals surface area contributed by atoms with Gasteiger partial charge in [-0.1, -0.05) is 24.3 Å². The number of carbonyl (C=O) groups excluding carboxylic acids is 2. The Balaban J connectivity index is 2.44. The number of carbonyl (C=O) groups is 2. The topological polar surface area (TPSA) is 67.4 Å². The summed E-state index contributed by atoms with van der Waals surface area (Å²) in [6, 6.07) is 7.50. The molecule has 1 aromatic rings. The number of alkyl carbamates (subject to hydrolysis) is 1. The fourth-order valence-corrected chi connectivity index (χ4v) is 1.20. The zero-order valence-electron chi connectivity index (χ0n) is 9.95. The Morgan fingerprint density at radius 3 is 2.29 bits per heavy atom. The third-order valence-electron chi connectivity index (χ3n) is 2.14. The lowest BCUT2D eigenvalue weighted by molar-refractivity contribution is -0.119. The zero-order chi connectivity index (χ0) is 12.7. The summed E-state index contributed by atoms with van der Waals surface area (Å²) in [5, 5.41) is 5.08. The Morgan fingerprint density at radius 2 is 1.76 bits per heavy atom. The van der Waals surface area contributed by atoms with E-state index in [-0.39, 0.29) is 12.5 Å². The van der Waals surface area contributed by atoms with Crippen LogP contribution in [0.5, 0.6) is 0 Å². The molecule has 0 aromatic heterocycles. The Morgan fingerprint density at radius 1 is 1.18 bits per heavy atom. The highest BCUT2D eigenvalue weighted by Gasteiger charge is 2.00. The van der Waals surface area contributed by atoms with Crippen LogP contribution in [-0.4, -0.2) is 19.0 Å². The minimum absolute atomic E-state index is 0.0583. The number of rotatable bonds is 4. The average molecular weight is 236 g/mol. The molecule has 5 nitrogen and oxygen atoms in total. The van der Waals surface area contributed by atoms with Gasteiger partial charge in [0.1, 0.15) is 6.61 Å². The first kappa shape index (κ1) is 13.0. The van der Waals surface area contributed by atoms with Crippen LogP contribution in [0.1, 0.15) is 18.1 Å². The molecule has 0 aliphatic carbocycles. The minimum atomic E-state index is -0.452. The Bertz CT molecular complexity index is 387. The van der Waals surface area contributed by atoms with Gasteiger partial charge in [-0.25, -0.2) is 4.79 Å². The summed E-state index contributed by atoms with van der Waals surface area (Å²) in [4.78, 5) is 21.6. The van der Waals surface area contributed by atoms with E-state index in [2.05, 4.69) is 10.6 Å². The molecule has 0 fully saturated rings. The first-order chi connectivity index (χ1) is 8.11. The predicted octanol–water partition coefficient (Wildman–Crippen LogP) is 1.18. The highest BCUT2D eigenvalue weighted by molar-refractivity contribution is 5.72. The van der Waals surface area contributed by atoms with Gasteiger partial charge in [0.15, 0.2) is 0 Å². The summed E-state index contributed by atoms with van der Waals surface area (Å²) in [6.07, 6.45) is -0.452. The number of ether oxygens (including phenoxy) is 1. The van der Waals surface area contributed by atoms with Crippen molar-refractivity contribution in [3.8, 4) is 0 Å². The van der Waals surface area contributed by atoms with E-state index < -0.39 is 6.09 Å². The summed E-state index contributed by atoms with van der Waals surface area (Å²) in [5.41, 5.74) is 1.91. The third kappa shape index (κ3) is 5.01. The maximum absolute atomic E-state index is 10.8. The molecule has 0 aliphatic heterocycles. The molecule has 17 heavy (non-hydrogen) atoms. The molecule has 0 bridgehead atoms. The molecule has 5 heteroatoms. The molecule has 0 aliphatic rings. The third-order valence-corrected chi connectivity index (χ3v) is 2.14. The SMILES string of the molecule is CNC(=O)OCc1ccc(CNC(C)=O)cc1. The van der Waals surface area contributed by atoms with Crippen LogP contribution in [0.3, 0.4) is 0 Å². The lowest BCUT2D eigenvalue weighted by Crippen LogP contribution is -2.19. The summed E-state index contributed by atoms with van der Waals surface area (Å²) in [5.74, 6) is -0.0583. The molecular weight excluding hydrogens is 220 g/mol. The summed E-state index contributed by atoms with van der Waals surface area (Å²) in [7, 11) is 1.51. The maximum atomic E-state index is 10.8. The predicted molar refractivity (Wildman–Crippen MR) is 63.2 cm³/mol. The van der Waals surface area contributed by atoms with Crippen molar-refractivity contribution in [2.75, 3.05) is 7.05 Å². The van der Waals surface area contributed by atoms with E-state index >= 15 is 0 Å². The van der Waals surface area contributed by atoms with Gasteiger partial charge in [0.25, 0.3) is 0 Å². The van der Waals surface area contributed by atoms with Crippen molar-refractivity contribution >= 4 is 12.0 Å². The maximum Gasteiger partial charge on any atom is 0.407 e. The quantitative estimate of drug-likeness (QED) is 0.824. The molecule has 0 saturated heterocycles. The molecule has 2 amide bonds. The fraction of sp³-hybridized carbons (Fsp3) is 0.333. The number of amides is 2. The van der Waals surface area contributed by atoms with Gasteiger partial charge in [-0.3, -0.25) is 4.79 Å². The van der Waals surface area contributed by atoms with Gasteiger partial charge in [0.2, 0.25) is 5.91 Å². The van der Waals surface area contributed by atoms with Gasteiger partial charge in [-0.05, 0) is 11.1 Å². The molecule has 92 valence electrons. The lowest BCUT2D eigenvalue weighted by atomic mass is 10.1. The van der Waals surface area contributed by atoms with Crippen LogP contribution in [0.25, 0.3) is 0 Å². The normalized spacial score (nSPS) is 9.53. The van der Waals surface area contributed by atoms with Gasteiger partial charge in [-0.15, -0.1) is 0 Å². The first-order valence-corrected chi connectivity index (χ1v) is 5.28. The highest BCUT2D eigenvalue weighted by Crippen LogP contribution is 2.05. The molecule has 0 spiro atoms. The van der Waals surface area contributed by atoms with Crippen LogP contribution in [0, 0.1) is 0 Å². The second-order valence-corrected chi connectivity index (χ2v) is 3.55. The number of nitrogens with one attached hydrogen (secondary N) is 2. The van der Waals surface area contributed by atoms with Crippen molar-refractivity contribution in [2.45, 2.75) is 20.1 Å². The Labute approximate surface area is 100 Å². The van der Waals surface area contributed by atoms with Crippen molar-refractivity contribution in [1.82, 2.24) is 10.6 Å². The van der Waals surface area contributed by atoms with E-state index in [1.165, 1.54) is 14.0 Å². The van der Waals surface area contributed by atoms with E-state index in [4.69, 9.17) is 4.74 Å². The van der Waals surface area contributed by atoms with Gasteiger partial charge < -0.3 is 15.4 Å². The van der Waals surface area contributed by atoms with E-state index in [1.807, 2.05) is 24.3 Å². The van der Waals surface area contributed by atoms with Crippen molar-refractivity contribution in [3.63, 3.8) is 0 Å². The molecular formula is C12H16N2O3. The Kier molecular flexibility index (Phi) is 5.00. The summed E-state index contributed by atoms with van der Waals surface area (Å²) < 4.78 is 4.90. The van der Waals surface area contributed by atoms with Crippen LogP contribution < -0.4 is 10.6 Å². The molecule has 0 saturated carbocycles. The van der Waals surface area contributed by atoms with Gasteiger partial charge >= 0.3 is 6.09 Å². The molecule has 2 N–H and O–H groups in total. The molecule has 0 atom stereocenters. The largest absolute Gasteiger partial charge is 0.445 e. The van der Waals surface area contributed by atoms with Crippen molar-refractivity contribution in [1.29, 1.82) is 0 Å². The molecule has 0 unspecified atom stereocenters. The summed E-state index contributed by atoms with van der Waals surface area (Å²) >= 11 is 0. The monoisotopic (exact) mass is 236 g/mol. The fourth-order valence-electron chi connectivity index (χ4n) is 1.20. The minimum Gasteiger partial charge on any atom is -0.445 e. The van der Waals surface area contributed by atoms with Crippen molar-refractivity contribution < 1.29 is 14.3 Å². The number of hydrogen-bond acceptors (Lipinski definition) is 3. The van der Waals surface area contributed by atoms with Crippen LogP contribution in [0.2, 0.25) is 0 Å². The van der Waals surface area contributed by atoms with Gasteiger partial charge in [0.05, 0.1) is 0 Å². The van der Waals surface area contributed by atoms with Gasteiger partial charge in [-0.2, -0.15) is 0 Å². The number of hydrogen-bond donors (Lipinski definition) is 2. The van der Waals surface area contributed by atoms with E-state index in [0.29, 0.717) is 6.54 Å². The van der Waals surface area contributed by atoms with Crippen LogP contribution >= 0.6 is 0 Å². The first-order valence-electron chi connectivity index (χ1n) is 5.28. The van der Waals surface area contributed by atoms with Crippen LogP contribution in [0.4, 0.5) is 4.79 Å². The zero-order valence-corrected chi connectivity index (χ0v) is 9.95. The van der Waals surface area contributed by atoms with E-state index in [1.54, 1.807) is 0 Å². The second-order valence-electron chi connectivity index (χ2n) is 3.55. The molecule has 0 heterocycles. The highest BCUT2D eigenvalue weighted by atomic mass is 16.5. The standard InChI is InChI=1S/C12H16N2O3/c1-9(15)14-7-10-3-5-11(6-4-10)8-17-12(16)13-2/h3-6H,7-8H2,1-2H3,(H,13,16)(H,14,15). The molecule has 1 aromatic carbocycles. The van der Waals surface area contributed by atoms with Crippen LogP contribution in [0.15, 0.2) is 24.3 Å². The van der Waals surface area contributed by atoms with Crippen molar-refractivity contribution in [3.05, 3.63) is 35.4 Å². The second kappa shape index (κ2) is 6.52. The summed E-state index contributed by atoms with van der Waals surface area (Å²) in [6.45, 7) is 2.22. The Hall–Kier alpha value is -2.04. The van der Waals surface area contributed by atoms with Gasteiger partial charge in [0, 0.05) is 20.5 Å². The lowest BCUT2D eigenvalue weighted by Gasteiger charge is -2.06. The molecule has 0 radical (unpaired) electrons. The number of benzene rings is 1. The molecule has 1 rings (SSSR count). The average Bonchev–Trinajstić information content (AvgIpc) is 2.34. The van der Waals surface area contributed by atoms with E-state index in [0.717, 1.165) is 11.1 Å².